The lowest BCUT2D eigenvalue weighted by molar-refractivity contribution is -0.0935. The van der Waals surface area contributed by atoms with Crippen molar-refractivity contribution in [1.82, 2.24) is 10.3 Å². The summed E-state index contributed by atoms with van der Waals surface area (Å²) in [5, 5.41) is 12.7. The molecule has 1 aromatic rings. The standard InChI is InChI=1S/C26H41N3O2/c1-17-14-29(15-18(2)31-17)25-5-4-21(19(3)28-25)10-24-22-8-20-9-23(24)13-26(11-20,12-22)16-27-6-7-30/h4-5,17-18,20,22-24,27,30H,6-16H2,1-3H3/t17-,18+,20?,22?,23?,24?,26?. The van der Waals surface area contributed by atoms with E-state index in [4.69, 9.17) is 14.8 Å². The van der Waals surface area contributed by atoms with Crippen LogP contribution in [0.2, 0.25) is 0 Å². The summed E-state index contributed by atoms with van der Waals surface area (Å²) >= 11 is 0. The fraction of sp³-hybridized carbons (Fsp3) is 0.808. The van der Waals surface area contributed by atoms with Gasteiger partial charge in [0.2, 0.25) is 0 Å². The van der Waals surface area contributed by atoms with Gasteiger partial charge in [-0.1, -0.05) is 6.07 Å². The number of rotatable bonds is 7. The molecule has 5 nitrogen and oxygen atoms in total. The van der Waals surface area contributed by atoms with Gasteiger partial charge in [0.15, 0.2) is 0 Å². The Labute approximate surface area is 188 Å². The molecule has 4 aliphatic carbocycles. The average molecular weight is 428 g/mol. The van der Waals surface area contributed by atoms with Crippen molar-refractivity contribution in [3.63, 3.8) is 0 Å². The van der Waals surface area contributed by atoms with Crippen LogP contribution in [0.1, 0.15) is 57.2 Å². The van der Waals surface area contributed by atoms with E-state index in [2.05, 4.69) is 43.1 Å². The van der Waals surface area contributed by atoms with E-state index in [-0.39, 0.29) is 18.8 Å². The number of aromatic nitrogens is 1. The largest absolute Gasteiger partial charge is 0.395 e. The van der Waals surface area contributed by atoms with E-state index in [0.29, 0.717) is 5.41 Å². The van der Waals surface area contributed by atoms with Gasteiger partial charge < -0.3 is 20.1 Å². The molecule has 2 unspecified atom stereocenters. The molecular formula is C26H41N3O2. The first-order valence-electron chi connectivity index (χ1n) is 12.6. The molecule has 0 aromatic carbocycles. The quantitative estimate of drug-likeness (QED) is 0.652. The molecule has 172 valence electrons. The van der Waals surface area contributed by atoms with Crippen LogP contribution in [0.5, 0.6) is 0 Å². The van der Waals surface area contributed by atoms with Crippen LogP contribution in [0.15, 0.2) is 12.1 Å². The number of aliphatic hydroxyl groups excluding tert-OH is 1. The first-order chi connectivity index (χ1) is 14.9. The van der Waals surface area contributed by atoms with Crippen LogP contribution in [-0.2, 0) is 11.2 Å². The van der Waals surface area contributed by atoms with Crippen molar-refractivity contribution in [1.29, 1.82) is 0 Å². The van der Waals surface area contributed by atoms with E-state index >= 15 is 0 Å². The third kappa shape index (κ3) is 4.38. The summed E-state index contributed by atoms with van der Waals surface area (Å²) in [6.45, 7) is 10.5. The van der Waals surface area contributed by atoms with Gasteiger partial charge in [0.25, 0.3) is 0 Å². The summed E-state index contributed by atoms with van der Waals surface area (Å²) in [6, 6.07) is 4.62. The van der Waals surface area contributed by atoms with Crippen LogP contribution in [0.4, 0.5) is 5.82 Å². The fourth-order valence-electron chi connectivity index (χ4n) is 7.87. The Bertz CT molecular complexity index is 758. The number of ether oxygens (including phenoxy) is 1. The number of hydrogen-bond acceptors (Lipinski definition) is 5. The van der Waals surface area contributed by atoms with Gasteiger partial charge in [-0.25, -0.2) is 4.98 Å². The number of hydrogen-bond donors (Lipinski definition) is 2. The van der Waals surface area contributed by atoms with Gasteiger partial charge in [-0.3, -0.25) is 0 Å². The topological polar surface area (TPSA) is 57.6 Å². The van der Waals surface area contributed by atoms with Crippen LogP contribution in [0.3, 0.4) is 0 Å². The molecule has 0 spiro atoms. The lowest BCUT2D eigenvalue weighted by Crippen LogP contribution is -2.54. The average Bonchev–Trinajstić information content (AvgIpc) is 2.70. The van der Waals surface area contributed by atoms with Crippen LogP contribution >= 0.6 is 0 Å². The van der Waals surface area contributed by atoms with Gasteiger partial charge in [-0.2, -0.15) is 0 Å². The monoisotopic (exact) mass is 427 g/mol. The van der Waals surface area contributed by atoms with Gasteiger partial charge in [0.05, 0.1) is 18.8 Å². The highest BCUT2D eigenvalue weighted by Gasteiger charge is 2.54. The minimum absolute atomic E-state index is 0.250. The Morgan fingerprint density at radius 3 is 2.48 bits per heavy atom. The maximum absolute atomic E-state index is 9.16. The number of pyridine rings is 1. The van der Waals surface area contributed by atoms with Crippen molar-refractivity contribution in [2.45, 2.75) is 71.5 Å². The Hall–Kier alpha value is -1.17. The van der Waals surface area contributed by atoms with Gasteiger partial charge in [-0.15, -0.1) is 0 Å². The third-order valence-electron chi connectivity index (χ3n) is 8.76. The van der Waals surface area contributed by atoms with Crippen LogP contribution in [0.25, 0.3) is 0 Å². The first-order valence-corrected chi connectivity index (χ1v) is 12.6. The Balaban J connectivity index is 1.27. The molecule has 5 fully saturated rings. The van der Waals surface area contributed by atoms with Crippen LogP contribution in [-0.4, -0.2) is 55.1 Å². The van der Waals surface area contributed by atoms with E-state index < -0.39 is 0 Å². The number of morpholine rings is 1. The normalized spacial score (nSPS) is 39.3. The van der Waals surface area contributed by atoms with E-state index in [1.165, 1.54) is 49.8 Å². The predicted octanol–water partition coefficient (Wildman–Crippen LogP) is 3.57. The molecule has 4 bridgehead atoms. The van der Waals surface area contributed by atoms with Crippen molar-refractivity contribution >= 4 is 5.82 Å². The smallest absolute Gasteiger partial charge is 0.128 e. The number of nitrogens with one attached hydrogen (secondary N) is 1. The van der Waals surface area contributed by atoms with Crippen LogP contribution in [0, 0.1) is 36.0 Å². The van der Waals surface area contributed by atoms with Gasteiger partial charge >= 0.3 is 0 Å². The molecule has 0 radical (unpaired) electrons. The first kappa shape index (κ1) is 21.7. The number of anilines is 1. The predicted molar refractivity (Wildman–Crippen MR) is 124 cm³/mol. The SMILES string of the molecule is Cc1nc(N2C[C@@H](C)O[C@@H](C)C2)ccc1CC1C2CC3CC1CC(CNCCO)(C3)C2. The number of aliphatic hydroxyl groups is 1. The van der Waals surface area contributed by atoms with E-state index in [9.17, 15) is 0 Å². The number of aryl methyl sites for hydroxylation is 1. The Kier molecular flexibility index (Phi) is 6.04. The highest BCUT2D eigenvalue weighted by Crippen LogP contribution is 2.62. The molecule has 31 heavy (non-hydrogen) atoms. The molecule has 6 rings (SSSR count). The molecule has 0 amide bonds. The molecule has 5 aliphatic rings. The second-order valence-electron chi connectivity index (χ2n) is 11.3. The molecule has 1 aliphatic heterocycles. The third-order valence-corrected chi connectivity index (χ3v) is 8.76. The molecule has 4 atom stereocenters. The van der Waals surface area contributed by atoms with Gasteiger partial charge in [-0.05, 0) is 100 Å². The van der Waals surface area contributed by atoms with E-state index in [1.54, 1.807) is 0 Å². The van der Waals surface area contributed by atoms with Crippen molar-refractivity contribution in [2.24, 2.45) is 29.1 Å². The highest BCUT2D eigenvalue weighted by molar-refractivity contribution is 5.42. The molecule has 5 heteroatoms. The summed E-state index contributed by atoms with van der Waals surface area (Å²) in [5.41, 5.74) is 3.18. The highest BCUT2D eigenvalue weighted by atomic mass is 16.5. The van der Waals surface area contributed by atoms with Crippen molar-refractivity contribution in [2.75, 3.05) is 37.7 Å². The summed E-state index contributed by atoms with van der Waals surface area (Å²) in [6.07, 6.45) is 8.80. The maximum Gasteiger partial charge on any atom is 0.128 e. The molecule has 1 aromatic heterocycles. The summed E-state index contributed by atoms with van der Waals surface area (Å²) < 4.78 is 5.90. The molecular weight excluding hydrogens is 386 g/mol. The molecule has 4 saturated carbocycles. The number of nitrogens with zero attached hydrogens (tertiary/aromatic N) is 2. The maximum atomic E-state index is 9.16. The van der Waals surface area contributed by atoms with Crippen molar-refractivity contribution < 1.29 is 9.84 Å². The lowest BCUT2D eigenvalue weighted by atomic mass is 9.45. The Morgan fingerprint density at radius 2 is 1.84 bits per heavy atom. The van der Waals surface area contributed by atoms with Crippen LogP contribution < -0.4 is 10.2 Å². The van der Waals surface area contributed by atoms with Gasteiger partial charge in [0, 0.05) is 31.9 Å². The second-order valence-corrected chi connectivity index (χ2v) is 11.3. The Morgan fingerprint density at radius 1 is 1.13 bits per heavy atom. The second kappa shape index (κ2) is 8.64. The molecule has 2 N–H and O–H groups in total. The summed E-state index contributed by atoms with van der Waals surface area (Å²) in [4.78, 5) is 7.44. The summed E-state index contributed by atoms with van der Waals surface area (Å²) in [7, 11) is 0. The molecule has 1 saturated heterocycles. The zero-order valence-electron chi connectivity index (χ0n) is 19.6. The minimum atomic E-state index is 0.250. The van der Waals surface area contributed by atoms with E-state index in [1.807, 2.05) is 0 Å². The minimum Gasteiger partial charge on any atom is -0.395 e. The van der Waals surface area contributed by atoms with Crippen molar-refractivity contribution in [3.05, 3.63) is 23.4 Å². The van der Waals surface area contributed by atoms with Crippen molar-refractivity contribution in [3.8, 4) is 0 Å². The lowest BCUT2D eigenvalue weighted by Gasteiger charge is -2.60. The molecule has 2 heterocycles. The van der Waals surface area contributed by atoms with Gasteiger partial charge in [0.1, 0.15) is 5.82 Å². The fourth-order valence-corrected chi connectivity index (χ4v) is 7.87. The summed E-state index contributed by atoms with van der Waals surface area (Å²) in [5.74, 6) is 4.64. The van der Waals surface area contributed by atoms with E-state index in [0.717, 1.165) is 55.7 Å². The zero-order chi connectivity index (χ0) is 21.6. The zero-order valence-corrected chi connectivity index (χ0v) is 19.6.